The first-order valence-corrected chi connectivity index (χ1v) is 9.36. The second-order valence-electron chi connectivity index (χ2n) is 6.70. The van der Waals surface area contributed by atoms with E-state index in [-0.39, 0.29) is 11.7 Å². The molecule has 7 heteroatoms. The zero-order valence-electron chi connectivity index (χ0n) is 16.9. The minimum atomic E-state index is -0.690. The topological polar surface area (TPSA) is 80.3 Å². The van der Waals surface area contributed by atoms with Crippen molar-refractivity contribution in [3.05, 3.63) is 71.8 Å². The molecule has 2 N–H and O–H groups in total. The Morgan fingerprint density at radius 2 is 1.67 bits per heavy atom. The number of nitrogens with one attached hydrogen (secondary N) is 1. The molecule has 0 aromatic heterocycles. The minimum Gasteiger partial charge on any atom is -0.504 e. The Labute approximate surface area is 174 Å². The predicted octanol–water partition coefficient (Wildman–Crippen LogP) is 4.19. The van der Waals surface area contributed by atoms with Crippen molar-refractivity contribution in [3.63, 3.8) is 0 Å². The molecule has 0 aliphatic carbocycles. The van der Waals surface area contributed by atoms with Crippen molar-refractivity contribution in [1.82, 2.24) is 0 Å². The van der Waals surface area contributed by atoms with Gasteiger partial charge in [-0.3, -0.25) is 9.69 Å². The molecule has 0 spiro atoms. The Morgan fingerprint density at radius 1 is 0.900 bits per heavy atom. The van der Waals surface area contributed by atoms with Gasteiger partial charge in [0.1, 0.15) is 17.7 Å². The van der Waals surface area contributed by atoms with Crippen LogP contribution in [-0.2, 0) is 0 Å². The van der Waals surface area contributed by atoms with Crippen LogP contribution in [0.5, 0.6) is 23.0 Å². The van der Waals surface area contributed by atoms with Crippen LogP contribution in [-0.4, -0.2) is 32.3 Å². The lowest BCUT2D eigenvalue weighted by Crippen LogP contribution is -2.43. The van der Waals surface area contributed by atoms with Gasteiger partial charge in [0.2, 0.25) is 0 Å². The van der Waals surface area contributed by atoms with Crippen LogP contribution >= 0.6 is 0 Å². The normalized spacial score (nSPS) is 15.2. The summed E-state index contributed by atoms with van der Waals surface area (Å²) < 4.78 is 16.1. The van der Waals surface area contributed by atoms with Crippen LogP contribution in [0.25, 0.3) is 0 Å². The van der Waals surface area contributed by atoms with Crippen molar-refractivity contribution in [2.24, 2.45) is 0 Å². The summed E-state index contributed by atoms with van der Waals surface area (Å²) in [6.07, 6.45) is -0.690. The molecule has 1 atom stereocenters. The van der Waals surface area contributed by atoms with Gasteiger partial charge in [-0.25, -0.2) is 0 Å². The average molecular weight is 406 g/mol. The number of anilines is 2. The molecule has 0 saturated carbocycles. The minimum absolute atomic E-state index is 0.0397. The van der Waals surface area contributed by atoms with Gasteiger partial charge in [0.05, 0.1) is 32.6 Å². The number of phenolic OH excluding ortho intramolecular Hbond substituents is 1. The van der Waals surface area contributed by atoms with Crippen LogP contribution in [0.4, 0.5) is 11.4 Å². The molecular formula is C23H22N2O5. The SMILES string of the molecule is COc1ccc(N2C(=O)c3ccccc3NC2c2cccc(OC)c2O)c(OC)c1. The number of fused-ring (bicyclic) bond motifs is 1. The van der Waals surface area contributed by atoms with Crippen molar-refractivity contribution in [2.45, 2.75) is 6.17 Å². The molecule has 1 heterocycles. The van der Waals surface area contributed by atoms with Crippen LogP contribution < -0.4 is 24.4 Å². The molecule has 1 aliphatic heterocycles. The van der Waals surface area contributed by atoms with Gasteiger partial charge in [0.15, 0.2) is 11.5 Å². The second-order valence-corrected chi connectivity index (χ2v) is 6.70. The first kappa shape index (κ1) is 19.4. The highest BCUT2D eigenvalue weighted by Gasteiger charge is 2.37. The smallest absolute Gasteiger partial charge is 0.262 e. The van der Waals surface area contributed by atoms with E-state index in [1.807, 2.05) is 18.2 Å². The van der Waals surface area contributed by atoms with Crippen molar-refractivity contribution in [3.8, 4) is 23.0 Å². The average Bonchev–Trinajstić information content (AvgIpc) is 2.79. The number of nitrogens with zero attached hydrogens (tertiary/aromatic N) is 1. The van der Waals surface area contributed by atoms with Crippen LogP contribution in [0.3, 0.4) is 0 Å². The van der Waals surface area contributed by atoms with E-state index >= 15 is 0 Å². The zero-order valence-corrected chi connectivity index (χ0v) is 16.9. The van der Waals surface area contributed by atoms with Crippen LogP contribution in [0, 0.1) is 0 Å². The van der Waals surface area contributed by atoms with Crippen LogP contribution in [0.1, 0.15) is 22.1 Å². The molecule has 0 saturated heterocycles. The Morgan fingerprint density at radius 3 is 2.40 bits per heavy atom. The van der Waals surface area contributed by atoms with E-state index < -0.39 is 6.17 Å². The fourth-order valence-electron chi connectivity index (χ4n) is 3.63. The number of hydrogen-bond acceptors (Lipinski definition) is 6. The maximum atomic E-state index is 13.6. The summed E-state index contributed by atoms with van der Waals surface area (Å²) >= 11 is 0. The van der Waals surface area contributed by atoms with Gasteiger partial charge in [-0.1, -0.05) is 24.3 Å². The van der Waals surface area contributed by atoms with E-state index in [1.165, 1.54) is 14.2 Å². The molecule has 4 rings (SSSR count). The standard InChI is InChI=1S/C23H22N2O5/c1-28-14-11-12-18(20(13-14)30-3)25-22(16-8-6-10-19(29-2)21(16)26)24-17-9-5-4-7-15(17)23(25)27/h4-13,22,24,26H,1-3H3. The largest absolute Gasteiger partial charge is 0.504 e. The van der Waals surface area contributed by atoms with Gasteiger partial charge in [0.25, 0.3) is 5.91 Å². The predicted molar refractivity (Wildman–Crippen MR) is 114 cm³/mol. The highest BCUT2D eigenvalue weighted by molar-refractivity contribution is 6.12. The second kappa shape index (κ2) is 7.87. The molecule has 3 aromatic rings. The number of phenols is 1. The van der Waals surface area contributed by atoms with Crippen LogP contribution in [0.2, 0.25) is 0 Å². The monoisotopic (exact) mass is 406 g/mol. The number of hydrogen-bond donors (Lipinski definition) is 2. The lowest BCUT2D eigenvalue weighted by atomic mass is 10.0. The fourth-order valence-corrected chi connectivity index (χ4v) is 3.63. The van der Waals surface area contributed by atoms with Crippen molar-refractivity contribution in [1.29, 1.82) is 0 Å². The molecule has 1 amide bonds. The number of aromatic hydroxyl groups is 1. The zero-order chi connectivity index (χ0) is 21.3. The van der Waals surface area contributed by atoms with Gasteiger partial charge in [-0.05, 0) is 30.3 Å². The third kappa shape index (κ3) is 3.14. The highest BCUT2D eigenvalue weighted by Crippen LogP contribution is 2.45. The van der Waals surface area contributed by atoms with E-state index in [9.17, 15) is 9.90 Å². The Hall–Kier alpha value is -3.87. The number of amides is 1. The Balaban J connectivity index is 1.92. The number of carbonyl (C=O) groups is 1. The molecule has 1 unspecified atom stereocenters. The quantitative estimate of drug-likeness (QED) is 0.661. The van der Waals surface area contributed by atoms with E-state index in [2.05, 4.69) is 5.32 Å². The molecule has 0 fully saturated rings. The molecule has 7 nitrogen and oxygen atoms in total. The summed E-state index contributed by atoms with van der Waals surface area (Å²) in [5.41, 5.74) is 2.24. The first-order chi connectivity index (χ1) is 14.6. The summed E-state index contributed by atoms with van der Waals surface area (Å²) in [6, 6.07) is 17.7. The van der Waals surface area contributed by atoms with Crippen molar-refractivity contribution >= 4 is 17.3 Å². The van der Waals surface area contributed by atoms with Gasteiger partial charge in [-0.2, -0.15) is 0 Å². The summed E-state index contributed by atoms with van der Waals surface area (Å²) in [5.74, 6) is 1.13. The van der Waals surface area contributed by atoms with Gasteiger partial charge >= 0.3 is 0 Å². The van der Waals surface area contributed by atoms with Crippen molar-refractivity contribution in [2.75, 3.05) is 31.5 Å². The number of methoxy groups -OCH3 is 3. The number of benzene rings is 3. The third-order valence-electron chi connectivity index (χ3n) is 5.12. The molecule has 0 bridgehead atoms. The molecular weight excluding hydrogens is 384 g/mol. The van der Waals surface area contributed by atoms with Gasteiger partial charge in [0, 0.05) is 17.3 Å². The lowest BCUT2D eigenvalue weighted by Gasteiger charge is -2.39. The summed E-state index contributed by atoms with van der Waals surface area (Å²) in [7, 11) is 4.58. The number of ether oxygens (including phenoxy) is 3. The van der Waals surface area contributed by atoms with E-state index in [0.717, 1.165) is 0 Å². The van der Waals surface area contributed by atoms with E-state index in [1.54, 1.807) is 54.5 Å². The number of rotatable bonds is 5. The molecule has 154 valence electrons. The maximum Gasteiger partial charge on any atom is 0.262 e. The molecule has 0 radical (unpaired) electrons. The lowest BCUT2D eigenvalue weighted by molar-refractivity contribution is 0.0974. The molecule has 1 aliphatic rings. The van der Waals surface area contributed by atoms with Gasteiger partial charge in [-0.15, -0.1) is 0 Å². The summed E-state index contributed by atoms with van der Waals surface area (Å²) in [6.45, 7) is 0. The highest BCUT2D eigenvalue weighted by atomic mass is 16.5. The Kier molecular flexibility index (Phi) is 5.10. The van der Waals surface area contributed by atoms with E-state index in [4.69, 9.17) is 14.2 Å². The first-order valence-electron chi connectivity index (χ1n) is 9.36. The summed E-state index contributed by atoms with van der Waals surface area (Å²) in [4.78, 5) is 15.1. The number of para-hydroxylation sites is 2. The summed E-state index contributed by atoms with van der Waals surface area (Å²) in [5, 5.41) is 14.2. The van der Waals surface area contributed by atoms with Crippen molar-refractivity contribution < 1.29 is 24.1 Å². The van der Waals surface area contributed by atoms with E-state index in [0.29, 0.717) is 39.8 Å². The van der Waals surface area contributed by atoms with Gasteiger partial charge < -0.3 is 24.6 Å². The fraction of sp³-hybridized carbons (Fsp3) is 0.174. The third-order valence-corrected chi connectivity index (χ3v) is 5.12. The molecule has 30 heavy (non-hydrogen) atoms. The Bertz CT molecular complexity index is 1100. The number of carbonyl (C=O) groups excluding carboxylic acids is 1. The molecule has 3 aromatic carbocycles. The van der Waals surface area contributed by atoms with Crippen LogP contribution in [0.15, 0.2) is 60.7 Å². The maximum absolute atomic E-state index is 13.6.